The molecule has 2 aromatic rings. The van der Waals surface area contributed by atoms with E-state index < -0.39 is 16.4 Å². The molecule has 0 saturated carbocycles. The van der Waals surface area contributed by atoms with Crippen LogP contribution in [0.1, 0.15) is 11.1 Å². The number of rotatable bonds is 3. The van der Waals surface area contributed by atoms with Crippen LogP contribution < -0.4 is 4.74 Å². The van der Waals surface area contributed by atoms with E-state index in [2.05, 4.69) is 10.2 Å². The minimum atomic E-state index is -0.983. The fourth-order valence-corrected chi connectivity index (χ4v) is 1.64. The lowest BCUT2D eigenvalue weighted by molar-refractivity contribution is -0.387. The average molecular weight is 298 g/mol. The van der Waals surface area contributed by atoms with Crippen molar-refractivity contribution in [1.82, 2.24) is 10.2 Å². The highest BCUT2D eigenvalue weighted by Gasteiger charge is 2.16. The van der Waals surface area contributed by atoms with Crippen LogP contribution in [-0.2, 0) is 0 Å². The summed E-state index contributed by atoms with van der Waals surface area (Å²) in [4.78, 5) is 9.71. The molecule has 0 unspecified atom stereocenters. The molecule has 0 aliphatic heterocycles. The fraction of sp³-hybridized carbons (Fsp3) is 0.167. The Morgan fingerprint density at radius 3 is 2.60 bits per heavy atom. The van der Waals surface area contributed by atoms with Crippen LogP contribution in [0.4, 0.5) is 10.1 Å². The van der Waals surface area contributed by atoms with Crippen molar-refractivity contribution in [1.29, 1.82) is 0 Å². The third-order valence-electron chi connectivity index (χ3n) is 2.75. The molecule has 2 rings (SSSR count). The van der Waals surface area contributed by atoms with Crippen molar-refractivity contribution in [2.45, 2.75) is 13.8 Å². The maximum Gasteiger partial charge on any atom is 0.305 e. The van der Waals surface area contributed by atoms with Gasteiger partial charge in [0.15, 0.2) is 5.15 Å². The minimum Gasteiger partial charge on any atom is -0.437 e. The number of benzene rings is 1. The molecule has 0 N–H and O–H groups in total. The zero-order valence-electron chi connectivity index (χ0n) is 10.6. The van der Waals surface area contributed by atoms with E-state index in [0.29, 0.717) is 11.1 Å². The lowest BCUT2D eigenvalue weighted by Gasteiger charge is -2.09. The van der Waals surface area contributed by atoms with E-state index in [1.165, 1.54) is 6.07 Å². The first-order chi connectivity index (χ1) is 9.40. The van der Waals surface area contributed by atoms with E-state index in [0.717, 1.165) is 12.1 Å². The van der Waals surface area contributed by atoms with E-state index in [4.69, 9.17) is 16.3 Å². The van der Waals surface area contributed by atoms with Gasteiger partial charge in [-0.3, -0.25) is 10.1 Å². The summed E-state index contributed by atoms with van der Waals surface area (Å²) in [6.07, 6.45) is 0. The van der Waals surface area contributed by atoms with Crippen LogP contribution in [0.5, 0.6) is 11.6 Å². The second kappa shape index (κ2) is 5.38. The van der Waals surface area contributed by atoms with Gasteiger partial charge in [-0.1, -0.05) is 11.6 Å². The van der Waals surface area contributed by atoms with Crippen molar-refractivity contribution < 1.29 is 14.1 Å². The fourth-order valence-electron chi connectivity index (χ4n) is 1.46. The number of nitro groups is 1. The number of halogens is 2. The summed E-state index contributed by atoms with van der Waals surface area (Å²) in [6, 6.07) is 3.23. The second-order valence-corrected chi connectivity index (χ2v) is 4.38. The van der Waals surface area contributed by atoms with Gasteiger partial charge in [0.05, 0.1) is 4.92 Å². The molecule has 0 fully saturated rings. The Kier molecular flexibility index (Phi) is 3.80. The summed E-state index contributed by atoms with van der Waals surface area (Å²) in [5.74, 6) is -0.726. The first kappa shape index (κ1) is 14.1. The number of aromatic nitrogens is 2. The maximum absolute atomic E-state index is 13.5. The normalized spacial score (nSPS) is 10.4. The van der Waals surface area contributed by atoms with Crippen molar-refractivity contribution in [3.8, 4) is 11.6 Å². The van der Waals surface area contributed by atoms with Gasteiger partial charge in [0.25, 0.3) is 0 Å². The van der Waals surface area contributed by atoms with Crippen molar-refractivity contribution in [2.75, 3.05) is 0 Å². The van der Waals surface area contributed by atoms with Crippen LogP contribution in [-0.4, -0.2) is 15.1 Å². The Morgan fingerprint density at radius 2 is 2.00 bits per heavy atom. The van der Waals surface area contributed by atoms with Crippen molar-refractivity contribution >= 4 is 17.3 Å². The molecule has 0 radical (unpaired) electrons. The van der Waals surface area contributed by atoms with E-state index >= 15 is 0 Å². The topological polar surface area (TPSA) is 78.2 Å². The lowest BCUT2D eigenvalue weighted by atomic mass is 10.2. The van der Waals surface area contributed by atoms with E-state index in [1.807, 2.05) is 0 Å². The third kappa shape index (κ3) is 2.67. The molecule has 8 heteroatoms. The van der Waals surface area contributed by atoms with Gasteiger partial charge in [0, 0.05) is 17.7 Å². The molecule has 0 spiro atoms. The number of nitro benzene ring substituents is 1. The van der Waals surface area contributed by atoms with Crippen LogP contribution in [0.15, 0.2) is 18.2 Å². The van der Waals surface area contributed by atoms with Crippen LogP contribution in [0, 0.1) is 29.8 Å². The monoisotopic (exact) mass is 297 g/mol. The molecular weight excluding hydrogens is 289 g/mol. The molecule has 0 aliphatic carbocycles. The van der Waals surface area contributed by atoms with Crippen LogP contribution in [0.25, 0.3) is 0 Å². The highest BCUT2D eigenvalue weighted by atomic mass is 35.5. The van der Waals surface area contributed by atoms with Gasteiger partial charge >= 0.3 is 5.69 Å². The predicted molar refractivity (Wildman–Crippen MR) is 69.6 cm³/mol. The van der Waals surface area contributed by atoms with E-state index in [9.17, 15) is 14.5 Å². The summed E-state index contributed by atoms with van der Waals surface area (Å²) < 4.78 is 18.8. The summed E-state index contributed by atoms with van der Waals surface area (Å²) in [5.41, 5.74) is 0.732. The van der Waals surface area contributed by atoms with E-state index in [1.54, 1.807) is 13.8 Å². The molecule has 0 saturated heterocycles. The number of hydrogen-bond acceptors (Lipinski definition) is 5. The lowest BCUT2D eigenvalue weighted by Crippen LogP contribution is -1.98. The number of ether oxygens (including phenoxy) is 1. The molecule has 0 aliphatic rings. The summed E-state index contributed by atoms with van der Waals surface area (Å²) in [6.45, 7) is 3.47. The van der Waals surface area contributed by atoms with Crippen molar-refractivity contribution in [2.24, 2.45) is 0 Å². The average Bonchev–Trinajstić information content (AvgIpc) is 2.39. The van der Waals surface area contributed by atoms with Gasteiger partial charge < -0.3 is 4.74 Å². The van der Waals surface area contributed by atoms with Gasteiger partial charge in [-0.2, -0.15) is 4.39 Å². The van der Waals surface area contributed by atoms with Crippen LogP contribution >= 0.6 is 11.6 Å². The molecule has 104 valence electrons. The van der Waals surface area contributed by atoms with Crippen LogP contribution in [0.3, 0.4) is 0 Å². The smallest absolute Gasteiger partial charge is 0.305 e. The maximum atomic E-state index is 13.5. The first-order valence-corrected chi connectivity index (χ1v) is 5.89. The van der Waals surface area contributed by atoms with Crippen molar-refractivity contribution in [3.05, 3.63) is 50.4 Å². The molecule has 1 aromatic heterocycles. The minimum absolute atomic E-state index is 0.0900. The van der Waals surface area contributed by atoms with Crippen molar-refractivity contribution in [3.63, 3.8) is 0 Å². The first-order valence-electron chi connectivity index (χ1n) is 5.51. The Bertz CT molecular complexity index is 694. The zero-order valence-corrected chi connectivity index (χ0v) is 11.3. The SMILES string of the molecule is Cc1c(Cl)nnc(Oc2ccc([N+](=O)[O-])c(F)c2)c1C. The Labute approximate surface area is 118 Å². The number of nitrogens with zero attached hydrogens (tertiary/aromatic N) is 3. The zero-order chi connectivity index (χ0) is 14.9. The Hall–Kier alpha value is -2.28. The summed E-state index contributed by atoms with van der Waals surface area (Å²) in [5, 5.41) is 18.2. The van der Waals surface area contributed by atoms with Gasteiger partial charge in [-0.15, -0.1) is 10.2 Å². The van der Waals surface area contributed by atoms with Crippen LogP contribution in [0.2, 0.25) is 5.15 Å². The summed E-state index contributed by atoms with van der Waals surface area (Å²) >= 11 is 5.81. The highest BCUT2D eigenvalue weighted by Crippen LogP contribution is 2.29. The number of hydrogen-bond donors (Lipinski definition) is 0. The van der Waals surface area contributed by atoms with Gasteiger partial charge in [0.2, 0.25) is 11.7 Å². The predicted octanol–water partition coefficient (Wildman–Crippen LogP) is 3.59. The molecule has 1 heterocycles. The largest absolute Gasteiger partial charge is 0.437 e. The second-order valence-electron chi connectivity index (χ2n) is 4.02. The Balaban J connectivity index is 2.34. The van der Waals surface area contributed by atoms with E-state index in [-0.39, 0.29) is 16.8 Å². The highest BCUT2D eigenvalue weighted by molar-refractivity contribution is 6.30. The molecule has 0 amide bonds. The quantitative estimate of drug-likeness (QED) is 0.639. The molecule has 0 atom stereocenters. The molecule has 1 aromatic carbocycles. The molecule has 20 heavy (non-hydrogen) atoms. The molecular formula is C12H9ClFN3O3. The van der Waals surface area contributed by atoms with Gasteiger partial charge in [-0.25, -0.2) is 0 Å². The van der Waals surface area contributed by atoms with Gasteiger partial charge in [-0.05, 0) is 25.5 Å². The summed E-state index contributed by atoms with van der Waals surface area (Å²) in [7, 11) is 0. The standard InChI is InChI=1S/C12H9ClFN3O3/c1-6-7(2)12(16-15-11(6)13)20-8-3-4-10(17(18)19)9(14)5-8/h3-5H,1-2H3. The molecule has 0 bridgehead atoms. The van der Waals surface area contributed by atoms with Gasteiger partial charge in [0.1, 0.15) is 5.75 Å². The third-order valence-corrected chi connectivity index (χ3v) is 3.11. The molecule has 6 nitrogen and oxygen atoms in total. The Morgan fingerprint density at radius 1 is 1.30 bits per heavy atom.